The monoisotopic (exact) mass is 354 g/mol. The smallest absolute Gasteiger partial charge is 0.160 e. The quantitative estimate of drug-likeness (QED) is 0.803. The van der Waals surface area contributed by atoms with Crippen LogP contribution in [0, 0.1) is 13.8 Å². The molecule has 2 aliphatic rings. The highest BCUT2D eigenvalue weighted by molar-refractivity contribution is 8.14. The zero-order valence-electron chi connectivity index (χ0n) is 15.6. The van der Waals surface area contributed by atoms with Gasteiger partial charge in [0.25, 0.3) is 0 Å². The Bertz CT molecular complexity index is 809. The summed E-state index contributed by atoms with van der Waals surface area (Å²) in [4.78, 5) is 12.2. The third kappa shape index (κ3) is 2.69. The van der Waals surface area contributed by atoms with E-state index in [1.807, 2.05) is 24.0 Å². The molecule has 1 fully saturated rings. The first-order chi connectivity index (χ1) is 12.0. The van der Waals surface area contributed by atoms with Crippen molar-refractivity contribution in [2.45, 2.75) is 58.0 Å². The van der Waals surface area contributed by atoms with Crippen molar-refractivity contribution in [1.29, 1.82) is 0 Å². The van der Waals surface area contributed by atoms with Crippen molar-refractivity contribution < 1.29 is 0 Å². The highest BCUT2D eigenvalue weighted by atomic mass is 32.2. The minimum Gasteiger partial charge on any atom is -0.346 e. The predicted molar refractivity (Wildman–Crippen MR) is 105 cm³/mol. The van der Waals surface area contributed by atoms with Gasteiger partial charge in [0, 0.05) is 35.4 Å². The topological polar surface area (TPSA) is 33.4 Å². The minimum absolute atomic E-state index is 0.0808. The lowest BCUT2D eigenvalue weighted by Crippen LogP contribution is -2.29. The molecule has 2 aliphatic heterocycles. The van der Waals surface area contributed by atoms with Gasteiger partial charge in [0.15, 0.2) is 5.17 Å². The highest BCUT2D eigenvalue weighted by Crippen LogP contribution is 2.48. The van der Waals surface area contributed by atoms with Gasteiger partial charge in [0.1, 0.15) is 6.04 Å². The van der Waals surface area contributed by atoms with Crippen LogP contribution in [0.25, 0.3) is 0 Å². The summed E-state index contributed by atoms with van der Waals surface area (Å²) < 4.78 is 2.44. The van der Waals surface area contributed by atoms with Crippen LogP contribution in [0.1, 0.15) is 61.5 Å². The molecule has 0 N–H and O–H groups in total. The van der Waals surface area contributed by atoms with Crippen LogP contribution in [0.3, 0.4) is 0 Å². The van der Waals surface area contributed by atoms with Gasteiger partial charge in [-0.25, -0.2) is 0 Å². The van der Waals surface area contributed by atoms with Crippen molar-refractivity contribution in [3.8, 4) is 0 Å². The van der Waals surface area contributed by atoms with E-state index in [0.717, 1.165) is 12.2 Å². The van der Waals surface area contributed by atoms with Gasteiger partial charge >= 0.3 is 0 Å². The summed E-state index contributed by atoms with van der Waals surface area (Å²) in [5.41, 5.74) is 5.15. The molecule has 0 bridgehead atoms. The van der Waals surface area contributed by atoms with Crippen molar-refractivity contribution in [3.05, 3.63) is 53.1 Å². The number of fused-ring (bicyclic) bond motifs is 1. The Morgan fingerprint density at radius 2 is 2.04 bits per heavy atom. The van der Waals surface area contributed by atoms with Crippen LogP contribution in [0.2, 0.25) is 0 Å². The summed E-state index contributed by atoms with van der Waals surface area (Å²) in [5.74, 6) is 0. The van der Waals surface area contributed by atoms with Gasteiger partial charge in [-0.3, -0.25) is 9.98 Å². The second-order valence-electron chi connectivity index (χ2n) is 7.43. The van der Waals surface area contributed by atoms with E-state index in [2.05, 4.69) is 67.3 Å². The maximum absolute atomic E-state index is 5.09. The Kier molecular flexibility index (Phi) is 4.14. The molecule has 2 aromatic rings. The molecule has 4 rings (SSSR count). The first-order valence-corrected chi connectivity index (χ1v) is 9.95. The molecule has 1 saturated heterocycles. The first-order valence-electron chi connectivity index (χ1n) is 9.07. The fourth-order valence-electron chi connectivity index (χ4n) is 4.35. The van der Waals surface area contributed by atoms with Crippen LogP contribution in [0.5, 0.6) is 0 Å². The molecular weight excluding hydrogens is 328 g/mol. The van der Waals surface area contributed by atoms with E-state index < -0.39 is 0 Å². The standard InChI is InChI=1S/C20H26N4S/c1-12(2)24-13(3)10-16(15(24)5)19-18(17-8-6-7-9-21-17)22-20-23(19)11-14(4)25-20/h6-10,12,14,18-19H,11H2,1-5H3/t14-,18+,19+/m0/s1. The number of aliphatic imine (C=N–C) groups is 1. The van der Waals surface area contributed by atoms with E-state index in [0.29, 0.717) is 11.3 Å². The Balaban J connectivity index is 1.82. The van der Waals surface area contributed by atoms with Gasteiger partial charge < -0.3 is 9.47 Å². The number of aromatic nitrogens is 2. The van der Waals surface area contributed by atoms with Crippen molar-refractivity contribution >= 4 is 16.9 Å². The molecule has 25 heavy (non-hydrogen) atoms. The zero-order valence-corrected chi connectivity index (χ0v) is 16.4. The lowest BCUT2D eigenvalue weighted by molar-refractivity contribution is 0.319. The number of thioether (sulfide) groups is 1. The van der Waals surface area contributed by atoms with E-state index in [-0.39, 0.29) is 12.1 Å². The molecule has 5 heteroatoms. The van der Waals surface area contributed by atoms with Crippen LogP contribution < -0.4 is 0 Å². The van der Waals surface area contributed by atoms with E-state index in [1.54, 1.807) is 0 Å². The molecule has 0 unspecified atom stereocenters. The normalized spacial score (nSPS) is 25.6. The number of aryl methyl sites for hydroxylation is 1. The minimum atomic E-state index is 0.0808. The summed E-state index contributed by atoms with van der Waals surface area (Å²) in [7, 11) is 0. The van der Waals surface area contributed by atoms with Gasteiger partial charge in [-0.15, -0.1) is 0 Å². The van der Waals surface area contributed by atoms with Crippen LogP contribution in [-0.4, -0.2) is 31.4 Å². The van der Waals surface area contributed by atoms with Gasteiger partial charge in [-0.05, 0) is 51.5 Å². The van der Waals surface area contributed by atoms with E-state index in [4.69, 9.17) is 4.99 Å². The maximum Gasteiger partial charge on any atom is 0.160 e. The number of pyridine rings is 1. The average molecular weight is 355 g/mol. The molecule has 4 nitrogen and oxygen atoms in total. The molecule has 0 radical (unpaired) electrons. The number of rotatable bonds is 3. The van der Waals surface area contributed by atoms with Crippen LogP contribution in [-0.2, 0) is 0 Å². The highest BCUT2D eigenvalue weighted by Gasteiger charge is 2.44. The van der Waals surface area contributed by atoms with Crippen molar-refractivity contribution in [2.24, 2.45) is 4.99 Å². The van der Waals surface area contributed by atoms with Crippen LogP contribution in [0.4, 0.5) is 0 Å². The van der Waals surface area contributed by atoms with Gasteiger partial charge in [-0.1, -0.05) is 24.8 Å². The Hall–Kier alpha value is -1.75. The predicted octanol–water partition coefficient (Wildman–Crippen LogP) is 4.67. The van der Waals surface area contributed by atoms with Gasteiger partial charge in [0.05, 0.1) is 11.7 Å². The summed E-state index contributed by atoms with van der Waals surface area (Å²) >= 11 is 1.90. The molecular formula is C20H26N4S. The van der Waals surface area contributed by atoms with E-state index in [1.165, 1.54) is 22.1 Å². The third-order valence-electron chi connectivity index (χ3n) is 5.24. The summed E-state index contributed by atoms with van der Waals surface area (Å²) in [6.07, 6.45) is 1.88. The average Bonchev–Trinajstić information content (AvgIpc) is 3.18. The van der Waals surface area contributed by atoms with Gasteiger partial charge in [-0.2, -0.15) is 0 Å². The Morgan fingerprint density at radius 3 is 2.68 bits per heavy atom. The van der Waals surface area contributed by atoms with Crippen LogP contribution in [0.15, 0.2) is 35.5 Å². The molecule has 0 spiro atoms. The molecule has 0 saturated carbocycles. The fraction of sp³-hybridized carbons (Fsp3) is 0.500. The van der Waals surface area contributed by atoms with Crippen molar-refractivity contribution in [1.82, 2.24) is 14.5 Å². The first kappa shape index (κ1) is 16.7. The number of hydrogen-bond acceptors (Lipinski definition) is 4. The second kappa shape index (κ2) is 6.20. The van der Waals surface area contributed by atoms with E-state index >= 15 is 0 Å². The van der Waals surface area contributed by atoms with Gasteiger partial charge in [0.2, 0.25) is 0 Å². The molecule has 132 valence electrons. The summed E-state index contributed by atoms with van der Waals surface area (Å²) in [6, 6.07) is 9.31. The van der Waals surface area contributed by atoms with Crippen molar-refractivity contribution in [3.63, 3.8) is 0 Å². The molecule has 0 aliphatic carbocycles. The molecule has 0 amide bonds. The number of hydrogen-bond donors (Lipinski definition) is 0. The van der Waals surface area contributed by atoms with Crippen LogP contribution >= 0.6 is 11.8 Å². The second-order valence-corrected chi connectivity index (χ2v) is 8.83. The zero-order chi connectivity index (χ0) is 17.7. The fourth-order valence-corrected chi connectivity index (χ4v) is 5.44. The largest absolute Gasteiger partial charge is 0.346 e. The Morgan fingerprint density at radius 1 is 1.24 bits per heavy atom. The third-order valence-corrected chi connectivity index (χ3v) is 6.34. The summed E-state index contributed by atoms with van der Waals surface area (Å²) in [6.45, 7) is 12.3. The Labute approximate surface area is 154 Å². The molecule has 4 heterocycles. The summed E-state index contributed by atoms with van der Waals surface area (Å²) in [5, 5.41) is 1.78. The maximum atomic E-state index is 5.09. The molecule has 3 atom stereocenters. The number of amidine groups is 1. The van der Waals surface area contributed by atoms with E-state index in [9.17, 15) is 0 Å². The SMILES string of the molecule is Cc1cc([C@@H]2[C@@H](c3ccccn3)N=C3S[C@@H](C)CN32)c(C)n1C(C)C. The molecule has 2 aromatic heterocycles. The van der Waals surface area contributed by atoms with Crippen molar-refractivity contribution in [2.75, 3.05) is 6.54 Å². The molecule has 0 aromatic carbocycles. The lowest BCUT2D eigenvalue weighted by Gasteiger charge is -2.27. The number of nitrogens with zero attached hydrogens (tertiary/aromatic N) is 4. The lowest BCUT2D eigenvalue weighted by atomic mass is 9.96.